The molecule has 0 saturated heterocycles. The number of fused-ring (bicyclic) bond motifs is 1. The van der Waals surface area contributed by atoms with Crippen molar-refractivity contribution in [3.8, 4) is 0 Å². The van der Waals surface area contributed by atoms with Gasteiger partial charge in [0.1, 0.15) is 0 Å². The van der Waals surface area contributed by atoms with Crippen LogP contribution in [0.4, 0.5) is 0 Å². The van der Waals surface area contributed by atoms with Crippen LogP contribution in [-0.2, 0) is 17.6 Å². The molecule has 1 aromatic carbocycles. The van der Waals surface area contributed by atoms with Crippen molar-refractivity contribution in [3.05, 3.63) is 34.9 Å². The summed E-state index contributed by atoms with van der Waals surface area (Å²) >= 11 is 0. The second-order valence-corrected chi connectivity index (χ2v) is 5.78. The lowest BCUT2D eigenvalue weighted by molar-refractivity contribution is -0.137. The molecule has 2 unspecified atom stereocenters. The van der Waals surface area contributed by atoms with Crippen LogP contribution in [0.15, 0.2) is 18.2 Å². The molecule has 21 heavy (non-hydrogen) atoms. The lowest BCUT2D eigenvalue weighted by Crippen LogP contribution is -2.35. The summed E-state index contributed by atoms with van der Waals surface area (Å²) in [6.45, 7) is 2.68. The molecule has 3 N–H and O–H groups in total. The van der Waals surface area contributed by atoms with Gasteiger partial charge in [-0.3, -0.25) is 4.79 Å². The van der Waals surface area contributed by atoms with E-state index in [4.69, 9.17) is 5.11 Å². The predicted octanol–water partition coefficient (Wildman–Crippen LogP) is 2.44. The normalized spacial score (nSPS) is 17.0. The molecule has 0 bridgehead atoms. The Morgan fingerprint density at radius 3 is 2.67 bits per heavy atom. The van der Waals surface area contributed by atoms with Gasteiger partial charge in [0.2, 0.25) is 0 Å². The minimum Gasteiger partial charge on any atom is -0.481 e. The van der Waals surface area contributed by atoms with E-state index in [-0.39, 0.29) is 12.5 Å². The number of nitrogens with one attached hydrogen (secondary N) is 1. The van der Waals surface area contributed by atoms with Gasteiger partial charge in [-0.2, -0.15) is 0 Å². The highest BCUT2D eigenvalue weighted by Gasteiger charge is 2.22. The fourth-order valence-corrected chi connectivity index (χ4v) is 3.08. The maximum atomic E-state index is 10.7. The molecule has 1 aliphatic rings. The molecule has 0 fully saturated rings. The van der Waals surface area contributed by atoms with Gasteiger partial charge in [-0.05, 0) is 55.3 Å². The van der Waals surface area contributed by atoms with Gasteiger partial charge in [-0.25, -0.2) is 0 Å². The first-order valence-electron chi connectivity index (χ1n) is 7.86. The second-order valence-electron chi connectivity index (χ2n) is 5.78. The van der Waals surface area contributed by atoms with E-state index in [2.05, 4.69) is 17.4 Å². The number of aryl methyl sites for hydroxylation is 2. The molecule has 0 amide bonds. The smallest absolute Gasteiger partial charge is 0.303 e. The lowest BCUT2D eigenvalue weighted by atomic mass is 9.88. The minimum atomic E-state index is -0.824. The highest BCUT2D eigenvalue weighted by atomic mass is 16.4. The molecule has 0 radical (unpaired) electrons. The molecule has 116 valence electrons. The number of hydrogen-bond donors (Lipinski definition) is 3. The van der Waals surface area contributed by atoms with Crippen LogP contribution < -0.4 is 5.32 Å². The van der Waals surface area contributed by atoms with Crippen LogP contribution in [-0.4, -0.2) is 28.8 Å². The van der Waals surface area contributed by atoms with E-state index in [9.17, 15) is 9.90 Å². The van der Waals surface area contributed by atoms with Gasteiger partial charge >= 0.3 is 5.97 Å². The van der Waals surface area contributed by atoms with Crippen LogP contribution >= 0.6 is 0 Å². The third-order valence-corrected chi connectivity index (χ3v) is 4.23. The number of hydrogen-bond acceptors (Lipinski definition) is 3. The van der Waals surface area contributed by atoms with Gasteiger partial charge in [0.25, 0.3) is 0 Å². The van der Waals surface area contributed by atoms with Crippen LogP contribution in [0.5, 0.6) is 0 Å². The van der Waals surface area contributed by atoms with Crippen molar-refractivity contribution < 1.29 is 15.0 Å². The Kier molecular flexibility index (Phi) is 5.76. The lowest BCUT2D eigenvalue weighted by Gasteiger charge is -2.25. The fraction of sp³-hybridized carbons (Fsp3) is 0.588. The quantitative estimate of drug-likeness (QED) is 0.721. The van der Waals surface area contributed by atoms with Crippen LogP contribution in [0.3, 0.4) is 0 Å². The van der Waals surface area contributed by atoms with Crippen LogP contribution in [0, 0.1) is 0 Å². The minimum absolute atomic E-state index is 0.0691. The van der Waals surface area contributed by atoms with E-state index in [1.165, 1.54) is 24.0 Å². The maximum absolute atomic E-state index is 10.7. The number of carbonyl (C=O) groups is 1. The molecule has 0 aromatic heterocycles. The standard InChI is InChI=1S/C17H25NO3/c1-2-18-15(9-10-16(19)20)17(21)14-8-7-12-5-3-4-6-13(12)11-14/h7-8,11,15,17-18,21H,2-6,9-10H2,1H3,(H,19,20). The van der Waals surface area contributed by atoms with Crippen LogP contribution in [0.2, 0.25) is 0 Å². The summed E-state index contributed by atoms with van der Waals surface area (Å²) in [6, 6.07) is 5.99. The topological polar surface area (TPSA) is 69.6 Å². The summed E-state index contributed by atoms with van der Waals surface area (Å²) in [7, 11) is 0. The number of benzene rings is 1. The van der Waals surface area contributed by atoms with Crippen molar-refractivity contribution in [1.29, 1.82) is 0 Å². The molecule has 2 rings (SSSR count). The first kappa shape index (κ1) is 16.0. The van der Waals surface area contributed by atoms with Crippen molar-refractivity contribution in [3.63, 3.8) is 0 Å². The zero-order chi connectivity index (χ0) is 15.2. The van der Waals surface area contributed by atoms with E-state index in [1.54, 1.807) is 0 Å². The first-order chi connectivity index (χ1) is 10.1. The Bertz CT molecular complexity index is 487. The Balaban J connectivity index is 2.11. The summed E-state index contributed by atoms with van der Waals surface area (Å²) in [5.41, 5.74) is 3.63. The summed E-state index contributed by atoms with van der Waals surface area (Å²) in [5, 5.41) is 22.6. The average Bonchev–Trinajstić information content (AvgIpc) is 2.50. The zero-order valence-electron chi connectivity index (χ0n) is 12.6. The van der Waals surface area contributed by atoms with E-state index in [0.29, 0.717) is 13.0 Å². The van der Waals surface area contributed by atoms with Crippen molar-refractivity contribution in [2.24, 2.45) is 0 Å². The highest BCUT2D eigenvalue weighted by molar-refractivity contribution is 5.66. The van der Waals surface area contributed by atoms with E-state index < -0.39 is 12.1 Å². The Morgan fingerprint density at radius 1 is 1.29 bits per heavy atom. The average molecular weight is 291 g/mol. The molecule has 1 aromatic rings. The third-order valence-electron chi connectivity index (χ3n) is 4.23. The van der Waals surface area contributed by atoms with Crippen molar-refractivity contribution in [2.45, 2.75) is 57.6 Å². The molecule has 4 nitrogen and oxygen atoms in total. The third kappa shape index (κ3) is 4.29. The van der Waals surface area contributed by atoms with E-state index in [0.717, 1.165) is 18.4 Å². The van der Waals surface area contributed by atoms with Crippen LogP contribution in [0.25, 0.3) is 0 Å². The van der Waals surface area contributed by atoms with Crippen molar-refractivity contribution in [2.75, 3.05) is 6.54 Å². The SMILES string of the molecule is CCNC(CCC(=O)O)C(O)c1ccc2c(c1)CCCC2. The monoisotopic (exact) mass is 291 g/mol. The molecule has 1 aliphatic carbocycles. The number of likely N-dealkylation sites (N-methyl/N-ethyl adjacent to an activating group) is 1. The fourth-order valence-electron chi connectivity index (χ4n) is 3.08. The predicted molar refractivity (Wildman–Crippen MR) is 82.4 cm³/mol. The van der Waals surface area contributed by atoms with Crippen LogP contribution in [0.1, 0.15) is 55.4 Å². The maximum Gasteiger partial charge on any atom is 0.303 e. The number of aliphatic carboxylic acids is 1. The molecular weight excluding hydrogens is 266 g/mol. The largest absolute Gasteiger partial charge is 0.481 e. The van der Waals surface area contributed by atoms with Crippen molar-refractivity contribution >= 4 is 5.97 Å². The molecule has 4 heteroatoms. The summed E-state index contributed by atoms with van der Waals surface area (Å²) < 4.78 is 0. The molecular formula is C17H25NO3. The second kappa shape index (κ2) is 7.57. The van der Waals surface area contributed by atoms with E-state index in [1.807, 2.05) is 13.0 Å². The zero-order valence-corrected chi connectivity index (χ0v) is 12.6. The van der Waals surface area contributed by atoms with E-state index >= 15 is 0 Å². The number of carboxylic acids is 1. The first-order valence-corrected chi connectivity index (χ1v) is 7.86. The Morgan fingerprint density at radius 2 is 2.00 bits per heavy atom. The number of carboxylic acid groups (broad SMARTS) is 1. The molecule has 0 saturated carbocycles. The van der Waals surface area contributed by atoms with Gasteiger partial charge in [-0.15, -0.1) is 0 Å². The van der Waals surface area contributed by atoms with Gasteiger partial charge in [0, 0.05) is 12.5 Å². The number of aliphatic hydroxyl groups excluding tert-OH is 1. The molecule has 0 heterocycles. The number of rotatable bonds is 7. The van der Waals surface area contributed by atoms with Gasteiger partial charge in [-0.1, -0.05) is 25.1 Å². The highest BCUT2D eigenvalue weighted by Crippen LogP contribution is 2.27. The Hall–Kier alpha value is -1.39. The summed E-state index contributed by atoms with van der Waals surface area (Å²) in [6.07, 6.45) is 4.51. The Labute approximate surface area is 126 Å². The number of aliphatic hydroxyl groups is 1. The molecule has 0 spiro atoms. The van der Waals surface area contributed by atoms with Crippen molar-refractivity contribution in [1.82, 2.24) is 5.32 Å². The molecule has 2 atom stereocenters. The summed E-state index contributed by atoms with van der Waals surface area (Å²) in [5.74, 6) is -0.824. The summed E-state index contributed by atoms with van der Waals surface area (Å²) in [4.78, 5) is 10.7. The molecule has 0 aliphatic heterocycles. The van der Waals surface area contributed by atoms with Gasteiger partial charge < -0.3 is 15.5 Å². The van der Waals surface area contributed by atoms with Gasteiger partial charge in [0.05, 0.1) is 6.10 Å². The van der Waals surface area contributed by atoms with Gasteiger partial charge in [0.15, 0.2) is 0 Å².